The molecule has 1 aliphatic heterocycles. The molecule has 1 amide bonds. The van der Waals surface area contributed by atoms with Gasteiger partial charge in [0.2, 0.25) is 0 Å². The number of halogens is 4. The molecule has 172 valence electrons. The van der Waals surface area contributed by atoms with E-state index in [1.165, 1.54) is 10.6 Å². The zero-order valence-corrected chi connectivity index (χ0v) is 17.4. The van der Waals surface area contributed by atoms with Crippen LogP contribution in [0.15, 0.2) is 53.6 Å². The van der Waals surface area contributed by atoms with E-state index >= 15 is 0 Å². The summed E-state index contributed by atoms with van der Waals surface area (Å²) in [5.41, 5.74) is -1.45. The fraction of sp³-hybridized carbons (Fsp3) is 0.273. The number of nitrogens with one attached hydrogen (secondary N) is 1. The van der Waals surface area contributed by atoms with E-state index in [-0.39, 0.29) is 24.0 Å². The van der Waals surface area contributed by atoms with Gasteiger partial charge in [0, 0.05) is 43.7 Å². The Labute approximate surface area is 185 Å². The van der Waals surface area contributed by atoms with Crippen LogP contribution in [0.5, 0.6) is 0 Å². The van der Waals surface area contributed by atoms with Crippen molar-refractivity contribution in [3.8, 4) is 11.3 Å². The lowest BCUT2D eigenvalue weighted by molar-refractivity contribution is -0.138. The van der Waals surface area contributed by atoms with Gasteiger partial charge in [0.05, 0.1) is 16.8 Å². The molecule has 2 aromatic heterocycles. The van der Waals surface area contributed by atoms with Crippen molar-refractivity contribution >= 4 is 5.91 Å². The van der Waals surface area contributed by atoms with Gasteiger partial charge in [-0.3, -0.25) is 19.1 Å². The average Bonchev–Trinajstić information content (AvgIpc) is 2.92. The predicted octanol–water partition coefficient (Wildman–Crippen LogP) is 2.88. The van der Waals surface area contributed by atoms with Crippen molar-refractivity contribution in [2.45, 2.75) is 18.8 Å². The van der Waals surface area contributed by atoms with Crippen LogP contribution in [0.2, 0.25) is 0 Å². The van der Waals surface area contributed by atoms with Gasteiger partial charge in [0.1, 0.15) is 17.7 Å². The maximum atomic E-state index is 13.5. The Morgan fingerprint density at radius 1 is 1.12 bits per heavy atom. The second kappa shape index (κ2) is 8.74. The lowest BCUT2D eigenvalue weighted by Crippen LogP contribution is -2.38. The molecule has 0 spiro atoms. The van der Waals surface area contributed by atoms with E-state index in [2.05, 4.69) is 15.3 Å². The molecule has 4 rings (SSSR count). The molecule has 0 bridgehead atoms. The van der Waals surface area contributed by atoms with Crippen LogP contribution in [-0.4, -0.2) is 45.5 Å². The van der Waals surface area contributed by atoms with Crippen LogP contribution in [0.3, 0.4) is 0 Å². The minimum atomic E-state index is -4.92. The minimum absolute atomic E-state index is 0.209. The second-order valence-electron chi connectivity index (χ2n) is 7.70. The van der Waals surface area contributed by atoms with Crippen LogP contribution in [0.1, 0.15) is 27.8 Å². The van der Waals surface area contributed by atoms with Crippen LogP contribution in [0.25, 0.3) is 11.3 Å². The molecular weight excluding hydrogens is 442 g/mol. The Morgan fingerprint density at radius 3 is 2.55 bits per heavy atom. The SMILES string of the molecule is CN1CCn2c(nc(-c3ccncc3)cc2=O)C(NC(=O)c2ccc(F)cc2C(F)(F)F)C1. The van der Waals surface area contributed by atoms with E-state index in [4.69, 9.17) is 0 Å². The summed E-state index contributed by atoms with van der Waals surface area (Å²) < 4.78 is 55.1. The summed E-state index contributed by atoms with van der Waals surface area (Å²) in [6.45, 7) is 0.978. The molecule has 3 aromatic rings. The Bertz CT molecular complexity index is 1240. The third kappa shape index (κ3) is 4.77. The monoisotopic (exact) mass is 461 g/mol. The van der Waals surface area contributed by atoms with Crippen molar-refractivity contribution in [3.05, 3.63) is 81.9 Å². The normalized spacial score (nSPS) is 16.7. The number of pyridine rings is 1. The van der Waals surface area contributed by atoms with Crippen LogP contribution in [0.4, 0.5) is 17.6 Å². The first kappa shape index (κ1) is 22.6. The summed E-state index contributed by atoms with van der Waals surface area (Å²) >= 11 is 0. The molecule has 0 saturated carbocycles. The molecule has 0 radical (unpaired) electrons. The molecule has 1 N–H and O–H groups in total. The highest BCUT2D eigenvalue weighted by atomic mass is 19.4. The van der Waals surface area contributed by atoms with E-state index in [0.29, 0.717) is 24.3 Å². The Kier molecular flexibility index (Phi) is 5.98. The van der Waals surface area contributed by atoms with E-state index < -0.39 is 35.1 Å². The topological polar surface area (TPSA) is 80.1 Å². The lowest BCUT2D eigenvalue weighted by Gasteiger charge is -2.23. The highest BCUT2D eigenvalue weighted by Gasteiger charge is 2.36. The van der Waals surface area contributed by atoms with Crippen molar-refractivity contribution in [1.82, 2.24) is 24.8 Å². The number of carbonyl (C=O) groups excluding carboxylic acids is 1. The first-order valence-electron chi connectivity index (χ1n) is 10.0. The maximum absolute atomic E-state index is 13.5. The summed E-state index contributed by atoms with van der Waals surface area (Å²) in [4.78, 5) is 36.0. The molecule has 0 aliphatic carbocycles. The number of nitrogens with zero attached hydrogens (tertiary/aromatic N) is 4. The lowest BCUT2D eigenvalue weighted by atomic mass is 10.1. The molecule has 3 heterocycles. The molecule has 7 nitrogen and oxygen atoms in total. The fourth-order valence-corrected chi connectivity index (χ4v) is 3.74. The predicted molar refractivity (Wildman–Crippen MR) is 111 cm³/mol. The third-order valence-corrected chi connectivity index (χ3v) is 5.36. The van der Waals surface area contributed by atoms with Gasteiger partial charge in [-0.2, -0.15) is 13.2 Å². The zero-order valence-electron chi connectivity index (χ0n) is 17.4. The van der Waals surface area contributed by atoms with Gasteiger partial charge in [-0.1, -0.05) is 0 Å². The Balaban J connectivity index is 1.76. The van der Waals surface area contributed by atoms with Gasteiger partial charge in [-0.25, -0.2) is 9.37 Å². The highest BCUT2D eigenvalue weighted by molar-refractivity contribution is 5.96. The van der Waals surface area contributed by atoms with Crippen LogP contribution >= 0.6 is 0 Å². The van der Waals surface area contributed by atoms with E-state index in [0.717, 1.165) is 12.1 Å². The van der Waals surface area contributed by atoms with Gasteiger partial charge in [0.25, 0.3) is 11.5 Å². The first-order valence-corrected chi connectivity index (χ1v) is 10.0. The van der Waals surface area contributed by atoms with E-state index in [1.54, 1.807) is 31.6 Å². The average molecular weight is 461 g/mol. The number of aromatic nitrogens is 3. The third-order valence-electron chi connectivity index (χ3n) is 5.36. The second-order valence-corrected chi connectivity index (χ2v) is 7.70. The van der Waals surface area contributed by atoms with Gasteiger partial charge in [0.15, 0.2) is 0 Å². The number of hydrogen-bond donors (Lipinski definition) is 1. The summed E-state index contributed by atoms with van der Waals surface area (Å²) in [6, 6.07) is 5.69. The van der Waals surface area contributed by atoms with Crippen molar-refractivity contribution < 1.29 is 22.4 Å². The summed E-state index contributed by atoms with van der Waals surface area (Å²) in [5.74, 6) is -1.92. The molecule has 0 saturated heterocycles. The van der Waals surface area contributed by atoms with Crippen molar-refractivity contribution in [3.63, 3.8) is 0 Å². The van der Waals surface area contributed by atoms with E-state index in [9.17, 15) is 27.2 Å². The molecule has 33 heavy (non-hydrogen) atoms. The number of carbonyl (C=O) groups is 1. The van der Waals surface area contributed by atoms with Crippen molar-refractivity contribution in [1.29, 1.82) is 0 Å². The summed E-state index contributed by atoms with van der Waals surface area (Å²) in [6.07, 6.45) is -1.84. The molecule has 1 aliphatic rings. The van der Waals surface area contributed by atoms with Crippen LogP contribution < -0.4 is 10.9 Å². The van der Waals surface area contributed by atoms with E-state index in [1.807, 2.05) is 4.90 Å². The van der Waals surface area contributed by atoms with Crippen molar-refractivity contribution in [2.24, 2.45) is 0 Å². The number of likely N-dealkylation sites (N-methyl/N-ethyl adjacent to an activating group) is 1. The summed E-state index contributed by atoms with van der Waals surface area (Å²) in [7, 11) is 1.76. The zero-order chi connectivity index (χ0) is 23.8. The number of amides is 1. The molecule has 0 fully saturated rings. The number of hydrogen-bond acceptors (Lipinski definition) is 5. The number of fused-ring (bicyclic) bond motifs is 1. The Hall–Kier alpha value is -3.60. The number of rotatable bonds is 3. The van der Waals surface area contributed by atoms with Crippen molar-refractivity contribution in [2.75, 3.05) is 20.1 Å². The molecule has 1 unspecified atom stereocenters. The number of alkyl halides is 3. The molecule has 1 aromatic carbocycles. The standard InChI is InChI=1S/C22H19F4N5O2/c1-30-8-9-31-19(32)11-17(13-4-6-27-7-5-13)28-20(31)18(12-30)29-21(33)15-3-2-14(23)10-16(15)22(24,25)26/h2-7,10-11,18H,8-9,12H2,1H3,(H,29,33). The minimum Gasteiger partial charge on any atom is -0.341 e. The van der Waals surface area contributed by atoms with Gasteiger partial charge < -0.3 is 10.2 Å². The first-order chi connectivity index (χ1) is 15.6. The van der Waals surface area contributed by atoms with Gasteiger partial charge in [-0.05, 0) is 37.4 Å². The largest absolute Gasteiger partial charge is 0.417 e. The molecule has 1 atom stereocenters. The molecule has 11 heteroatoms. The number of benzene rings is 1. The van der Waals surface area contributed by atoms with Crippen LogP contribution in [0, 0.1) is 5.82 Å². The Morgan fingerprint density at radius 2 is 1.85 bits per heavy atom. The highest BCUT2D eigenvalue weighted by Crippen LogP contribution is 2.33. The van der Waals surface area contributed by atoms with Crippen LogP contribution in [-0.2, 0) is 12.7 Å². The molecular formula is C22H19F4N5O2. The maximum Gasteiger partial charge on any atom is 0.417 e. The smallest absolute Gasteiger partial charge is 0.341 e. The van der Waals surface area contributed by atoms with Gasteiger partial charge >= 0.3 is 6.18 Å². The van der Waals surface area contributed by atoms with Gasteiger partial charge in [-0.15, -0.1) is 0 Å². The fourth-order valence-electron chi connectivity index (χ4n) is 3.74. The quantitative estimate of drug-likeness (QED) is 0.607. The summed E-state index contributed by atoms with van der Waals surface area (Å²) in [5, 5.41) is 2.56.